The summed E-state index contributed by atoms with van der Waals surface area (Å²) in [5.74, 6) is -0.519. The van der Waals surface area contributed by atoms with Gasteiger partial charge in [-0.3, -0.25) is 19.4 Å². The fraction of sp³-hybridized carbons (Fsp3) is 0.400. The molecule has 1 fully saturated rings. The number of carbonyl (C=O) groups is 3. The number of para-hydroxylation sites is 1. The summed E-state index contributed by atoms with van der Waals surface area (Å²) in [6, 6.07) is 7.69. The van der Waals surface area contributed by atoms with Crippen LogP contribution in [-0.2, 0) is 22.4 Å². The van der Waals surface area contributed by atoms with E-state index in [1.165, 1.54) is 4.90 Å². The summed E-state index contributed by atoms with van der Waals surface area (Å²) >= 11 is 0. The minimum Gasteiger partial charge on any atom is -0.358 e. The molecule has 2 aliphatic rings. The molecule has 140 valence electrons. The summed E-state index contributed by atoms with van der Waals surface area (Å²) < 4.78 is 0. The van der Waals surface area contributed by atoms with Crippen LogP contribution in [-0.4, -0.2) is 65.7 Å². The molecular weight excluding hydrogens is 344 g/mol. The molecule has 0 spiro atoms. The van der Waals surface area contributed by atoms with Gasteiger partial charge in [-0.25, -0.2) is 0 Å². The number of nitrogens with one attached hydrogen (secondary N) is 1. The zero-order valence-corrected chi connectivity index (χ0v) is 15.3. The van der Waals surface area contributed by atoms with Gasteiger partial charge in [-0.05, 0) is 30.9 Å². The second kappa shape index (κ2) is 6.98. The molecule has 1 N–H and O–H groups in total. The van der Waals surface area contributed by atoms with Crippen molar-refractivity contribution < 1.29 is 14.4 Å². The molecule has 1 saturated heterocycles. The average molecular weight is 366 g/mol. The molecule has 0 saturated carbocycles. The third-order valence-electron chi connectivity index (χ3n) is 5.35. The van der Waals surface area contributed by atoms with Crippen molar-refractivity contribution in [3.8, 4) is 0 Å². The Labute approximate surface area is 157 Å². The molecule has 1 aromatic heterocycles. The lowest BCUT2D eigenvalue weighted by Gasteiger charge is -2.34. The second-order valence-corrected chi connectivity index (χ2v) is 7.00. The highest BCUT2D eigenvalue weighted by Crippen LogP contribution is 2.31. The van der Waals surface area contributed by atoms with Gasteiger partial charge in [0.05, 0.1) is 17.6 Å². The molecule has 1 aliphatic heterocycles. The van der Waals surface area contributed by atoms with Gasteiger partial charge in [0.25, 0.3) is 5.91 Å². The normalized spacial score (nSPS) is 16.6. The van der Waals surface area contributed by atoms with Crippen molar-refractivity contribution in [2.24, 2.45) is 0 Å². The highest BCUT2D eigenvalue weighted by molar-refractivity contribution is 6.08. The van der Waals surface area contributed by atoms with E-state index in [1.54, 1.807) is 11.9 Å². The molecule has 1 aromatic carbocycles. The number of hydrogen-bond donors (Lipinski definition) is 1. The van der Waals surface area contributed by atoms with Gasteiger partial charge in [0.1, 0.15) is 6.54 Å². The number of rotatable bonds is 3. The Hall–Kier alpha value is -2.96. The number of carbonyl (C=O) groups excluding carboxylic acids is 3. The van der Waals surface area contributed by atoms with Crippen molar-refractivity contribution in [1.29, 1.82) is 0 Å². The molecule has 0 radical (unpaired) electrons. The van der Waals surface area contributed by atoms with E-state index in [0.717, 1.165) is 41.4 Å². The van der Waals surface area contributed by atoms with Gasteiger partial charge in [0.2, 0.25) is 11.8 Å². The van der Waals surface area contributed by atoms with Gasteiger partial charge in [-0.2, -0.15) is 0 Å². The molecular formula is C20H22N4O3. The van der Waals surface area contributed by atoms with Crippen molar-refractivity contribution in [2.45, 2.75) is 19.3 Å². The molecule has 27 heavy (non-hydrogen) atoms. The zero-order chi connectivity index (χ0) is 19.0. The average Bonchev–Trinajstić information content (AvgIpc) is 3.14. The molecule has 7 nitrogen and oxygen atoms in total. The van der Waals surface area contributed by atoms with Crippen LogP contribution in [0.15, 0.2) is 24.3 Å². The highest BCUT2D eigenvalue weighted by atomic mass is 16.2. The van der Waals surface area contributed by atoms with Crippen LogP contribution in [0.3, 0.4) is 0 Å². The summed E-state index contributed by atoms with van der Waals surface area (Å²) in [6.07, 6.45) is 2.73. The van der Waals surface area contributed by atoms with Crippen molar-refractivity contribution in [2.75, 3.05) is 33.2 Å². The maximum atomic E-state index is 13.4. The Morgan fingerprint density at radius 3 is 2.78 bits per heavy atom. The van der Waals surface area contributed by atoms with Crippen molar-refractivity contribution in [3.05, 3.63) is 41.1 Å². The van der Waals surface area contributed by atoms with E-state index >= 15 is 0 Å². The SMILES string of the molecule is CNC(=O)CN1CCN(C(=O)c2c3c(nc4ccccc24)CCC3)CC1=O. The summed E-state index contributed by atoms with van der Waals surface area (Å²) in [5.41, 5.74) is 3.55. The van der Waals surface area contributed by atoms with Crippen molar-refractivity contribution >= 4 is 28.6 Å². The first-order valence-electron chi connectivity index (χ1n) is 9.26. The first-order valence-corrected chi connectivity index (χ1v) is 9.26. The summed E-state index contributed by atoms with van der Waals surface area (Å²) in [7, 11) is 1.54. The number of benzene rings is 1. The lowest BCUT2D eigenvalue weighted by molar-refractivity contribution is -0.139. The van der Waals surface area contributed by atoms with Gasteiger partial charge in [-0.15, -0.1) is 0 Å². The lowest BCUT2D eigenvalue weighted by Crippen LogP contribution is -2.54. The Balaban J connectivity index is 1.63. The van der Waals surface area contributed by atoms with E-state index < -0.39 is 0 Å². The van der Waals surface area contributed by atoms with E-state index in [4.69, 9.17) is 4.98 Å². The van der Waals surface area contributed by atoms with Gasteiger partial charge >= 0.3 is 0 Å². The van der Waals surface area contributed by atoms with Crippen LogP contribution < -0.4 is 5.32 Å². The number of pyridine rings is 1. The standard InChI is InChI=1S/C20H22N4O3/c1-21-17(25)11-23-9-10-24(12-18(23)26)20(27)19-13-5-2-3-7-15(13)22-16-8-4-6-14(16)19/h2-3,5,7H,4,6,8-12H2,1H3,(H,21,25). The van der Waals surface area contributed by atoms with Gasteiger partial charge in [-0.1, -0.05) is 18.2 Å². The highest BCUT2D eigenvalue weighted by Gasteiger charge is 2.32. The molecule has 0 unspecified atom stereocenters. The number of nitrogens with zero attached hydrogens (tertiary/aromatic N) is 3. The number of hydrogen-bond acceptors (Lipinski definition) is 4. The van der Waals surface area contributed by atoms with E-state index in [-0.39, 0.29) is 30.8 Å². The van der Waals surface area contributed by atoms with E-state index in [2.05, 4.69) is 5.32 Å². The lowest BCUT2D eigenvalue weighted by atomic mass is 9.99. The fourth-order valence-electron chi connectivity index (χ4n) is 3.91. The Morgan fingerprint density at radius 2 is 2.00 bits per heavy atom. The quantitative estimate of drug-likeness (QED) is 0.869. The third kappa shape index (κ3) is 3.13. The molecule has 7 heteroatoms. The van der Waals surface area contributed by atoms with E-state index in [9.17, 15) is 14.4 Å². The fourth-order valence-corrected chi connectivity index (χ4v) is 3.91. The van der Waals surface area contributed by atoms with Gasteiger partial charge in [0.15, 0.2) is 0 Å². The summed E-state index contributed by atoms with van der Waals surface area (Å²) in [4.78, 5) is 45.1. The molecule has 0 atom stereocenters. The topological polar surface area (TPSA) is 82.6 Å². The third-order valence-corrected chi connectivity index (χ3v) is 5.35. The van der Waals surface area contributed by atoms with Crippen molar-refractivity contribution in [3.63, 3.8) is 0 Å². The van der Waals surface area contributed by atoms with Crippen LogP contribution in [0.2, 0.25) is 0 Å². The monoisotopic (exact) mass is 366 g/mol. The predicted octanol–water partition coefficient (Wildman–Crippen LogP) is 0.754. The second-order valence-electron chi connectivity index (χ2n) is 7.00. The maximum absolute atomic E-state index is 13.4. The zero-order valence-electron chi connectivity index (χ0n) is 15.3. The minimum atomic E-state index is -0.207. The van der Waals surface area contributed by atoms with Crippen LogP contribution in [0, 0.1) is 0 Å². The van der Waals surface area contributed by atoms with Crippen LogP contribution >= 0.6 is 0 Å². The minimum absolute atomic E-state index is 0.00124. The van der Waals surface area contributed by atoms with Gasteiger partial charge in [0, 0.05) is 31.2 Å². The van der Waals surface area contributed by atoms with Crippen LogP contribution in [0.1, 0.15) is 28.0 Å². The Bertz CT molecular complexity index is 940. The van der Waals surface area contributed by atoms with Crippen molar-refractivity contribution in [1.82, 2.24) is 20.1 Å². The molecule has 0 bridgehead atoms. The Kier molecular flexibility index (Phi) is 4.51. The van der Waals surface area contributed by atoms with E-state index in [1.807, 2.05) is 24.3 Å². The smallest absolute Gasteiger partial charge is 0.255 e. The molecule has 2 aromatic rings. The van der Waals surface area contributed by atoms with Gasteiger partial charge < -0.3 is 15.1 Å². The number of aromatic nitrogens is 1. The number of fused-ring (bicyclic) bond motifs is 2. The predicted molar refractivity (Wildman–Crippen MR) is 100 cm³/mol. The van der Waals surface area contributed by atoms with Crippen LogP contribution in [0.25, 0.3) is 10.9 Å². The molecule has 3 amide bonds. The number of amides is 3. The van der Waals surface area contributed by atoms with Crippen LogP contribution in [0.5, 0.6) is 0 Å². The first-order chi connectivity index (χ1) is 13.1. The molecule has 1 aliphatic carbocycles. The summed E-state index contributed by atoms with van der Waals surface area (Å²) in [6.45, 7) is 0.822. The molecule has 4 rings (SSSR count). The number of aryl methyl sites for hydroxylation is 1. The number of likely N-dealkylation sites (N-methyl/N-ethyl adjacent to an activating group) is 1. The Morgan fingerprint density at radius 1 is 1.19 bits per heavy atom. The van der Waals surface area contributed by atoms with Crippen LogP contribution in [0.4, 0.5) is 0 Å². The largest absolute Gasteiger partial charge is 0.358 e. The molecule has 2 heterocycles. The summed E-state index contributed by atoms with van der Waals surface area (Å²) in [5, 5.41) is 3.37. The first kappa shape index (κ1) is 17.5. The van der Waals surface area contributed by atoms with E-state index in [0.29, 0.717) is 18.7 Å². The number of piperazine rings is 1. The maximum Gasteiger partial charge on any atom is 0.255 e.